The average Bonchev–Trinajstić information content (AvgIpc) is 2.66. The van der Waals surface area contributed by atoms with Crippen molar-refractivity contribution in [1.82, 2.24) is 5.16 Å². The van der Waals surface area contributed by atoms with Crippen molar-refractivity contribution in [3.05, 3.63) is 41.2 Å². The molecule has 3 heteroatoms. The van der Waals surface area contributed by atoms with E-state index in [1.54, 1.807) is 6.07 Å². The molecule has 76 valence electrons. The van der Waals surface area contributed by atoms with Crippen LogP contribution in [-0.2, 0) is 0 Å². The van der Waals surface area contributed by atoms with Gasteiger partial charge in [0, 0.05) is 11.6 Å². The summed E-state index contributed by atoms with van der Waals surface area (Å²) < 4.78 is 4.86. The summed E-state index contributed by atoms with van der Waals surface area (Å²) in [5.74, 6) is 0.257. The molecule has 2 rings (SSSR count). The van der Waals surface area contributed by atoms with E-state index in [2.05, 4.69) is 5.16 Å². The Morgan fingerprint density at radius 3 is 2.47 bits per heavy atom. The van der Waals surface area contributed by atoms with Gasteiger partial charge in [-0.25, -0.2) is 0 Å². The number of aromatic nitrogens is 1. The van der Waals surface area contributed by atoms with Crippen molar-refractivity contribution in [3.8, 4) is 11.3 Å². The van der Waals surface area contributed by atoms with Crippen LogP contribution in [0, 0.1) is 13.8 Å². The lowest BCUT2D eigenvalue weighted by atomic mass is 10.0. The van der Waals surface area contributed by atoms with Crippen LogP contribution in [0.25, 0.3) is 11.3 Å². The highest BCUT2D eigenvalue weighted by atomic mass is 16.5. The topological polar surface area (TPSA) is 43.1 Å². The van der Waals surface area contributed by atoms with Crippen molar-refractivity contribution in [1.29, 1.82) is 0 Å². The summed E-state index contributed by atoms with van der Waals surface area (Å²) in [4.78, 5) is 10.5. The summed E-state index contributed by atoms with van der Waals surface area (Å²) >= 11 is 0. The van der Waals surface area contributed by atoms with Gasteiger partial charge < -0.3 is 4.52 Å². The summed E-state index contributed by atoms with van der Waals surface area (Å²) in [5, 5.41) is 3.87. The number of hydrogen-bond donors (Lipinski definition) is 0. The molecule has 0 saturated heterocycles. The van der Waals surface area contributed by atoms with Crippen LogP contribution in [0.3, 0.4) is 0 Å². The van der Waals surface area contributed by atoms with E-state index in [1.807, 2.05) is 32.0 Å². The van der Waals surface area contributed by atoms with Crippen LogP contribution in [-0.4, -0.2) is 11.4 Å². The van der Waals surface area contributed by atoms with Crippen LogP contribution < -0.4 is 0 Å². The lowest BCUT2D eigenvalue weighted by Crippen LogP contribution is -1.87. The summed E-state index contributed by atoms with van der Waals surface area (Å²) in [7, 11) is 0. The van der Waals surface area contributed by atoms with Gasteiger partial charge in [0.15, 0.2) is 12.0 Å². The predicted molar refractivity (Wildman–Crippen MR) is 56.8 cm³/mol. The summed E-state index contributed by atoms with van der Waals surface area (Å²) in [6.07, 6.45) is 0.657. The third kappa shape index (κ3) is 1.68. The summed E-state index contributed by atoms with van der Waals surface area (Å²) in [5.41, 5.74) is 4.00. The van der Waals surface area contributed by atoms with Crippen LogP contribution >= 0.6 is 0 Å². The van der Waals surface area contributed by atoms with E-state index in [4.69, 9.17) is 4.52 Å². The first kappa shape index (κ1) is 9.65. The molecule has 0 atom stereocenters. The Morgan fingerprint density at radius 1 is 1.27 bits per heavy atom. The summed E-state index contributed by atoms with van der Waals surface area (Å²) in [6.45, 7) is 4.02. The highest BCUT2D eigenvalue weighted by Gasteiger charge is 2.10. The molecule has 1 heterocycles. The highest BCUT2D eigenvalue weighted by Crippen LogP contribution is 2.26. The van der Waals surface area contributed by atoms with Gasteiger partial charge in [0.05, 0.1) is 0 Å². The quantitative estimate of drug-likeness (QED) is 0.701. The van der Waals surface area contributed by atoms with Crippen LogP contribution in [0.4, 0.5) is 0 Å². The zero-order valence-electron chi connectivity index (χ0n) is 8.65. The van der Waals surface area contributed by atoms with E-state index < -0.39 is 0 Å². The number of rotatable bonds is 2. The van der Waals surface area contributed by atoms with E-state index in [-0.39, 0.29) is 5.76 Å². The predicted octanol–water partition coefficient (Wildman–Crippen LogP) is 2.77. The molecule has 3 nitrogen and oxygen atoms in total. The maximum Gasteiger partial charge on any atom is 0.199 e. The zero-order chi connectivity index (χ0) is 10.8. The molecule has 15 heavy (non-hydrogen) atoms. The Hall–Kier alpha value is -1.90. The monoisotopic (exact) mass is 201 g/mol. The first-order valence-corrected chi connectivity index (χ1v) is 4.71. The Bertz CT molecular complexity index is 480. The molecule has 0 N–H and O–H groups in total. The lowest BCUT2D eigenvalue weighted by molar-refractivity contribution is 0.109. The molecule has 0 aliphatic heterocycles. The fourth-order valence-electron chi connectivity index (χ4n) is 1.68. The number of aryl methyl sites for hydroxylation is 2. The molecular formula is C12H11NO2. The minimum absolute atomic E-state index is 0.257. The van der Waals surface area contributed by atoms with Gasteiger partial charge in [-0.3, -0.25) is 4.79 Å². The second-order valence-electron chi connectivity index (χ2n) is 3.50. The van der Waals surface area contributed by atoms with E-state index >= 15 is 0 Å². The van der Waals surface area contributed by atoms with E-state index in [0.29, 0.717) is 12.0 Å². The number of hydrogen-bond acceptors (Lipinski definition) is 3. The summed E-state index contributed by atoms with van der Waals surface area (Å²) in [6, 6.07) is 7.67. The molecule has 1 aromatic carbocycles. The van der Waals surface area contributed by atoms with Crippen molar-refractivity contribution in [3.63, 3.8) is 0 Å². The molecule has 0 amide bonds. The average molecular weight is 201 g/mol. The molecule has 0 aliphatic rings. The standard InChI is InChI=1S/C12H11NO2/c1-8-4-3-5-9(2)12(8)11-6-10(7-14)15-13-11/h3-7H,1-2H3. The van der Waals surface area contributed by atoms with Crippen molar-refractivity contribution in [2.45, 2.75) is 13.8 Å². The Labute approximate surface area is 87.7 Å². The van der Waals surface area contributed by atoms with Gasteiger partial charge >= 0.3 is 0 Å². The van der Waals surface area contributed by atoms with E-state index in [1.165, 1.54) is 0 Å². The second-order valence-corrected chi connectivity index (χ2v) is 3.50. The Balaban J connectivity index is 2.58. The van der Waals surface area contributed by atoms with Gasteiger partial charge in [-0.15, -0.1) is 0 Å². The van der Waals surface area contributed by atoms with Gasteiger partial charge in [0.2, 0.25) is 0 Å². The van der Waals surface area contributed by atoms with Gasteiger partial charge in [-0.05, 0) is 25.0 Å². The third-order valence-electron chi connectivity index (χ3n) is 2.38. The number of carbonyl (C=O) groups is 1. The number of benzene rings is 1. The van der Waals surface area contributed by atoms with Crippen molar-refractivity contribution >= 4 is 6.29 Å². The van der Waals surface area contributed by atoms with Crippen LogP contribution in [0.2, 0.25) is 0 Å². The molecule has 0 radical (unpaired) electrons. The molecular weight excluding hydrogens is 190 g/mol. The van der Waals surface area contributed by atoms with E-state index in [9.17, 15) is 4.79 Å². The number of aldehydes is 1. The molecule has 0 saturated carbocycles. The largest absolute Gasteiger partial charge is 0.353 e. The normalized spacial score (nSPS) is 10.3. The molecule has 0 unspecified atom stereocenters. The fraction of sp³-hybridized carbons (Fsp3) is 0.167. The lowest BCUT2D eigenvalue weighted by Gasteiger charge is -2.04. The van der Waals surface area contributed by atoms with Crippen LogP contribution in [0.1, 0.15) is 21.7 Å². The first-order chi connectivity index (χ1) is 7.22. The molecule has 2 aromatic rings. The molecule has 0 bridgehead atoms. The molecule has 0 spiro atoms. The van der Waals surface area contributed by atoms with Crippen molar-refractivity contribution in [2.24, 2.45) is 0 Å². The zero-order valence-corrected chi connectivity index (χ0v) is 8.65. The van der Waals surface area contributed by atoms with Crippen molar-refractivity contribution < 1.29 is 9.32 Å². The smallest absolute Gasteiger partial charge is 0.199 e. The minimum atomic E-state index is 0.257. The van der Waals surface area contributed by atoms with E-state index in [0.717, 1.165) is 16.7 Å². The highest BCUT2D eigenvalue weighted by molar-refractivity contribution is 5.75. The van der Waals surface area contributed by atoms with Crippen molar-refractivity contribution in [2.75, 3.05) is 0 Å². The maximum absolute atomic E-state index is 10.5. The first-order valence-electron chi connectivity index (χ1n) is 4.71. The number of nitrogens with zero attached hydrogens (tertiary/aromatic N) is 1. The Kier molecular flexibility index (Phi) is 2.37. The Morgan fingerprint density at radius 2 is 1.93 bits per heavy atom. The minimum Gasteiger partial charge on any atom is -0.353 e. The van der Waals surface area contributed by atoms with Gasteiger partial charge in [-0.1, -0.05) is 23.4 Å². The SMILES string of the molecule is Cc1cccc(C)c1-c1cc(C=O)on1. The van der Waals surface area contributed by atoms with Crippen LogP contribution in [0.5, 0.6) is 0 Å². The second kappa shape index (κ2) is 3.69. The number of carbonyl (C=O) groups excluding carboxylic acids is 1. The van der Waals surface area contributed by atoms with Gasteiger partial charge in [-0.2, -0.15) is 0 Å². The third-order valence-corrected chi connectivity index (χ3v) is 2.38. The maximum atomic E-state index is 10.5. The van der Waals surface area contributed by atoms with Gasteiger partial charge in [0.25, 0.3) is 0 Å². The molecule has 0 aliphatic carbocycles. The molecule has 0 fully saturated rings. The molecule has 1 aromatic heterocycles. The fourth-order valence-corrected chi connectivity index (χ4v) is 1.68. The van der Waals surface area contributed by atoms with Gasteiger partial charge in [0.1, 0.15) is 5.69 Å². The van der Waals surface area contributed by atoms with Crippen LogP contribution in [0.15, 0.2) is 28.8 Å².